The Morgan fingerprint density at radius 1 is 1.09 bits per heavy atom. The quantitative estimate of drug-likeness (QED) is 0.593. The monoisotopic (exact) mass is 309 g/mol. The van der Waals surface area contributed by atoms with E-state index in [1.807, 2.05) is 30.3 Å². The summed E-state index contributed by atoms with van der Waals surface area (Å²) in [5.41, 5.74) is 1.20. The Labute approximate surface area is 132 Å². The number of benzene rings is 2. The van der Waals surface area contributed by atoms with Gasteiger partial charge in [-0.15, -0.1) is 0 Å². The number of hydrogen-bond acceptors (Lipinski definition) is 4. The minimum atomic E-state index is -0.426. The fourth-order valence-corrected chi connectivity index (χ4v) is 2.26. The van der Waals surface area contributed by atoms with E-state index in [1.165, 1.54) is 13.0 Å². The number of carbonyl (C=O) groups is 2. The van der Waals surface area contributed by atoms with E-state index in [4.69, 9.17) is 9.15 Å². The van der Waals surface area contributed by atoms with E-state index in [0.29, 0.717) is 17.1 Å². The van der Waals surface area contributed by atoms with Crippen LogP contribution in [0.2, 0.25) is 0 Å². The van der Waals surface area contributed by atoms with Crippen molar-refractivity contribution in [3.8, 4) is 5.75 Å². The normalized spacial score (nSPS) is 10.5. The average Bonchev–Trinajstić information content (AvgIpc) is 2.95. The zero-order valence-corrected chi connectivity index (χ0v) is 12.5. The smallest absolute Gasteiger partial charge is 0.308 e. The van der Waals surface area contributed by atoms with Crippen LogP contribution in [0.15, 0.2) is 59.0 Å². The molecule has 0 spiro atoms. The van der Waals surface area contributed by atoms with Crippen molar-refractivity contribution in [3.63, 3.8) is 0 Å². The number of furan rings is 1. The first kappa shape index (κ1) is 14.8. The molecule has 0 saturated carbocycles. The van der Waals surface area contributed by atoms with Crippen molar-refractivity contribution in [2.24, 2.45) is 0 Å². The summed E-state index contributed by atoms with van der Waals surface area (Å²) in [4.78, 5) is 23.1. The molecule has 5 heteroatoms. The maximum Gasteiger partial charge on any atom is 0.308 e. The third kappa shape index (κ3) is 3.58. The molecule has 0 bridgehead atoms. The molecule has 3 aromatic rings. The minimum Gasteiger partial charge on any atom is -0.459 e. The topological polar surface area (TPSA) is 68.5 Å². The number of esters is 1. The molecule has 5 nitrogen and oxygen atoms in total. The van der Waals surface area contributed by atoms with Gasteiger partial charge >= 0.3 is 5.97 Å². The second-order valence-electron chi connectivity index (χ2n) is 5.05. The number of rotatable bonds is 4. The van der Waals surface area contributed by atoms with Gasteiger partial charge in [-0.3, -0.25) is 9.59 Å². The molecule has 0 atom stereocenters. The number of hydrogen-bond donors (Lipinski definition) is 1. The third-order valence-corrected chi connectivity index (χ3v) is 3.26. The molecule has 0 fully saturated rings. The van der Waals surface area contributed by atoms with Crippen LogP contribution in [0.5, 0.6) is 5.75 Å². The Bertz CT molecular complexity index is 833. The lowest BCUT2D eigenvalue weighted by molar-refractivity contribution is -0.131. The molecular weight excluding hydrogens is 294 g/mol. The number of carbonyl (C=O) groups excluding carboxylic acids is 2. The van der Waals surface area contributed by atoms with Crippen molar-refractivity contribution < 1.29 is 18.7 Å². The Balaban J connectivity index is 1.68. The summed E-state index contributed by atoms with van der Waals surface area (Å²) in [6.45, 7) is 1.60. The zero-order valence-electron chi connectivity index (χ0n) is 12.5. The predicted molar refractivity (Wildman–Crippen MR) is 85.1 cm³/mol. The SMILES string of the molecule is CC(=O)Oc1cccc(C(=O)NCc2cc3ccccc3o2)c1. The van der Waals surface area contributed by atoms with Crippen LogP contribution in [0, 0.1) is 0 Å². The van der Waals surface area contributed by atoms with E-state index in [2.05, 4.69) is 5.32 Å². The summed E-state index contributed by atoms with van der Waals surface area (Å²) in [5.74, 6) is 0.328. The van der Waals surface area contributed by atoms with Gasteiger partial charge in [-0.1, -0.05) is 24.3 Å². The Hall–Kier alpha value is -3.08. The van der Waals surface area contributed by atoms with Crippen LogP contribution >= 0.6 is 0 Å². The lowest BCUT2D eigenvalue weighted by atomic mass is 10.2. The van der Waals surface area contributed by atoms with Gasteiger partial charge in [0.2, 0.25) is 0 Å². The Morgan fingerprint density at radius 3 is 2.70 bits per heavy atom. The number of ether oxygens (including phenoxy) is 1. The van der Waals surface area contributed by atoms with Crippen molar-refractivity contribution in [1.82, 2.24) is 5.32 Å². The first-order chi connectivity index (χ1) is 11.1. The highest BCUT2D eigenvalue weighted by Gasteiger charge is 2.09. The third-order valence-electron chi connectivity index (χ3n) is 3.26. The summed E-state index contributed by atoms with van der Waals surface area (Å²) < 4.78 is 10.6. The van der Waals surface area contributed by atoms with Gasteiger partial charge in [0, 0.05) is 17.9 Å². The molecule has 1 heterocycles. The summed E-state index contributed by atoms with van der Waals surface area (Å²) in [6.07, 6.45) is 0. The molecule has 23 heavy (non-hydrogen) atoms. The number of amides is 1. The zero-order chi connectivity index (χ0) is 16.2. The largest absolute Gasteiger partial charge is 0.459 e. The number of nitrogens with one attached hydrogen (secondary N) is 1. The van der Waals surface area contributed by atoms with E-state index in [1.54, 1.807) is 18.2 Å². The van der Waals surface area contributed by atoms with Crippen LogP contribution in [-0.2, 0) is 11.3 Å². The van der Waals surface area contributed by atoms with Crippen molar-refractivity contribution in [2.45, 2.75) is 13.5 Å². The van der Waals surface area contributed by atoms with Crippen LogP contribution in [0.25, 0.3) is 11.0 Å². The van der Waals surface area contributed by atoms with Crippen LogP contribution < -0.4 is 10.1 Å². The van der Waals surface area contributed by atoms with Gasteiger partial charge in [0.15, 0.2) is 0 Å². The summed E-state index contributed by atoms with van der Waals surface area (Å²) in [5, 5.41) is 3.78. The molecule has 0 aliphatic rings. The fourth-order valence-electron chi connectivity index (χ4n) is 2.26. The standard InChI is InChI=1S/C18H15NO4/c1-12(20)22-15-7-4-6-14(10-15)18(21)19-11-16-9-13-5-2-3-8-17(13)23-16/h2-10H,11H2,1H3,(H,19,21). The van der Waals surface area contributed by atoms with Crippen LogP contribution in [0.4, 0.5) is 0 Å². The molecule has 2 aromatic carbocycles. The molecule has 0 saturated heterocycles. The van der Waals surface area contributed by atoms with E-state index in [9.17, 15) is 9.59 Å². The maximum atomic E-state index is 12.2. The minimum absolute atomic E-state index is 0.264. The number of fused-ring (bicyclic) bond motifs is 1. The molecule has 0 unspecified atom stereocenters. The van der Waals surface area contributed by atoms with Crippen LogP contribution in [0.3, 0.4) is 0 Å². The van der Waals surface area contributed by atoms with E-state index < -0.39 is 5.97 Å². The maximum absolute atomic E-state index is 12.2. The first-order valence-electron chi connectivity index (χ1n) is 7.16. The van der Waals surface area contributed by atoms with Gasteiger partial charge in [-0.05, 0) is 30.3 Å². The number of para-hydroxylation sites is 1. The van der Waals surface area contributed by atoms with Gasteiger partial charge < -0.3 is 14.5 Å². The van der Waals surface area contributed by atoms with E-state index in [0.717, 1.165) is 11.0 Å². The highest BCUT2D eigenvalue weighted by molar-refractivity contribution is 5.94. The molecule has 116 valence electrons. The van der Waals surface area contributed by atoms with E-state index >= 15 is 0 Å². The highest BCUT2D eigenvalue weighted by atomic mass is 16.5. The molecule has 3 rings (SSSR count). The molecule has 1 aromatic heterocycles. The average molecular weight is 309 g/mol. The lowest BCUT2D eigenvalue weighted by Gasteiger charge is -2.05. The lowest BCUT2D eigenvalue weighted by Crippen LogP contribution is -2.22. The predicted octanol–water partition coefficient (Wildman–Crippen LogP) is 3.29. The first-order valence-corrected chi connectivity index (χ1v) is 7.16. The Morgan fingerprint density at radius 2 is 1.91 bits per heavy atom. The molecular formula is C18H15NO4. The fraction of sp³-hybridized carbons (Fsp3) is 0.111. The van der Waals surface area contributed by atoms with Gasteiger partial charge in [0.05, 0.1) is 6.54 Å². The summed E-state index contributed by atoms with van der Waals surface area (Å²) in [7, 11) is 0. The van der Waals surface area contributed by atoms with Crippen molar-refractivity contribution >= 4 is 22.8 Å². The van der Waals surface area contributed by atoms with Gasteiger partial charge in [-0.25, -0.2) is 0 Å². The van der Waals surface area contributed by atoms with E-state index in [-0.39, 0.29) is 12.5 Å². The highest BCUT2D eigenvalue weighted by Crippen LogP contribution is 2.19. The van der Waals surface area contributed by atoms with Gasteiger partial charge in [0.1, 0.15) is 17.1 Å². The second kappa shape index (κ2) is 6.36. The molecule has 0 aliphatic heterocycles. The Kier molecular flexibility index (Phi) is 4.10. The van der Waals surface area contributed by atoms with Crippen molar-refractivity contribution in [3.05, 3.63) is 65.9 Å². The second-order valence-corrected chi connectivity index (χ2v) is 5.05. The molecule has 1 N–H and O–H groups in total. The molecule has 0 radical (unpaired) electrons. The molecule has 1 amide bonds. The van der Waals surface area contributed by atoms with Gasteiger partial charge in [-0.2, -0.15) is 0 Å². The van der Waals surface area contributed by atoms with Gasteiger partial charge in [0.25, 0.3) is 5.91 Å². The summed E-state index contributed by atoms with van der Waals surface area (Å²) in [6, 6.07) is 16.0. The molecule has 0 aliphatic carbocycles. The van der Waals surface area contributed by atoms with Crippen LogP contribution in [0.1, 0.15) is 23.0 Å². The van der Waals surface area contributed by atoms with Crippen LogP contribution in [-0.4, -0.2) is 11.9 Å². The van der Waals surface area contributed by atoms with Crippen molar-refractivity contribution in [2.75, 3.05) is 0 Å². The van der Waals surface area contributed by atoms with Crippen molar-refractivity contribution in [1.29, 1.82) is 0 Å². The summed E-state index contributed by atoms with van der Waals surface area (Å²) >= 11 is 0.